The molecule has 3 heterocycles. The Labute approximate surface area is 249 Å². The summed E-state index contributed by atoms with van der Waals surface area (Å²) in [6.07, 6.45) is -3.59. The molecule has 13 heteroatoms. The molecule has 3 aromatic rings. The van der Waals surface area contributed by atoms with Gasteiger partial charge in [-0.1, -0.05) is 35.3 Å². The molecule has 2 atom stereocenters. The van der Waals surface area contributed by atoms with Crippen LogP contribution in [0, 0.1) is 11.7 Å². The van der Waals surface area contributed by atoms with E-state index in [1.54, 1.807) is 21.9 Å². The Morgan fingerprint density at radius 1 is 0.976 bits per heavy atom. The standard InChI is InChI=1S/C29H26Cl2F4N4O3/c30-20-3-1-17(2-4-20)23-15-39(16-25(23)37-28(41)42-22-7-5-21(32)6-8-22)27(40)18-9-11-38(12-10-18)26-24(31)13-19(14-36-26)29(33,34)35/h1-8,13-14,18,23,25H,9-12,15-16H2,(H,37,41)/t23-,25+/m0/s1. The number of ether oxygens (including phenoxy) is 1. The van der Waals surface area contributed by atoms with Crippen LogP contribution in [0.15, 0.2) is 60.8 Å². The van der Waals surface area contributed by atoms with Crippen molar-refractivity contribution in [2.45, 2.75) is 31.0 Å². The van der Waals surface area contributed by atoms with Gasteiger partial charge in [0.05, 0.1) is 16.6 Å². The lowest BCUT2D eigenvalue weighted by Gasteiger charge is -2.34. The average Bonchev–Trinajstić information content (AvgIpc) is 3.37. The molecule has 2 saturated heterocycles. The predicted octanol–water partition coefficient (Wildman–Crippen LogP) is 6.55. The molecule has 5 rings (SSSR count). The highest BCUT2D eigenvalue weighted by Gasteiger charge is 2.40. The van der Waals surface area contributed by atoms with Crippen LogP contribution in [0.2, 0.25) is 10.0 Å². The number of aromatic nitrogens is 1. The maximum atomic E-state index is 13.6. The SMILES string of the molecule is O=C(N[C@@H]1CN(C(=O)C2CCN(c3ncc(C(F)(F)F)cc3Cl)CC2)C[C@H]1c1ccc(Cl)cc1)Oc1ccc(F)cc1. The van der Waals surface area contributed by atoms with Crippen LogP contribution in [-0.4, -0.2) is 54.1 Å². The van der Waals surface area contributed by atoms with Crippen molar-refractivity contribution in [2.75, 3.05) is 31.1 Å². The summed E-state index contributed by atoms with van der Waals surface area (Å²) in [5.41, 5.74) is -0.0325. The van der Waals surface area contributed by atoms with Crippen molar-refractivity contribution in [3.63, 3.8) is 0 Å². The van der Waals surface area contributed by atoms with Crippen molar-refractivity contribution in [3.8, 4) is 5.75 Å². The third-order valence-electron chi connectivity index (χ3n) is 7.55. The number of likely N-dealkylation sites (tertiary alicyclic amines) is 1. The molecule has 1 aromatic heterocycles. The number of halogens is 6. The van der Waals surface area contributed by atoms with Gasteiger partial charge in [-0.3, -0.25) is 4.79 Å². The normalized spacial score (nSPS) is 19.6. The molecule has 0 spiro atoms. The summed E-state index contributed by atoms with van der Waals surface area (Å²) in [6, 6.07) is 12.6. The number of amides is 2. The molecular weight excluding hydrogens is 599 g/mol. The van der Waals surface area contributed by atoms with Gasteiger partial charge in [0, 0.05) is 49.2 Å². The van der Waals surface area contributed by atoms with Gasteiger partial charge < -0.3 is 19.9 Å². The molecule has 2 fully saturated rings. The molecule has 2 amide bonds. The number of carbonyl (C=O) groups excluding carboxylic acids is 2. The van der Waals surface area contributed by atoms with E-state index in [-0.39, 0.29) is 40.9 Å². The third-order valence-corrected chi connectivity index (χ3v) is 8.08. The zero-order valence-corrected chi connectivity index (χ0v) is 23.6. The highest BCUT2D eigenvalue weighted by Crippen LogP contribution is 2.36. The fourth-order valence-corrected chi connectivity index (χ4v) is 5.79. The summed E-state index contributed by atoms with van der Waals surface area (Å²) in [5.74, 6) is -0.649. The van der Waals surface area contributed by atoms with Crippen LogP contribution in [0.1, 0.15) is 29.9 Å². The Morgan fingerprint density at radius 3 is 2.26 bits per heavy atom. The number of anilines is 1. The quantitative estimate of drug-likeness (QED) is 0.326. The molecule has 42 heavy (non-hydrogen) atoms. The van der Waals surface area contributed by atoms with Crippen LogP contribution in [-0.2, 0) is 11.0 Å². The molecule has 7 nitrogen and oxygen atoms in total. The third kappa shape index (κ3) is 6.90. The maximum absolute atomic E-state index is 13.6. The topological polar surface area (TPSA) is 74.8 Å². The number of alkyl halides is 3. The zero-order chi connectivity index (χ0) is 30.0. The van der Waals surface area contributed by atoms with Crippen molar-refractivity contribution in [3.05, 3.63) is 87.8 Å². The molecule has 0 unspecified atom stereocenters. The van der Waals surface area contributed by atoms with E-state index in [0.29, 0.717) is 37.5 Å². The molecule has 1 N–H and O–H groups in total. The first-order valence-corrected chi connectivity index (χ1v) is 14.0. The molecule has 0 saturated carbocycles. The first kappa shape index (κ1) is 29.9. The van der Waals surface area contributed by atoms with Crippen molar-refractivity contribution in [1.29, 1.82) is 0 Å². The second-order valence-corrected chi connectivity index (χ2v) is 11.1. The largest absolute Gasteiger partial charge is 0.417 e. The van der Waals surface area contributed by atoms with Crippen LogP contribution in [0.25, 0.3) is 0 Å². The van der Waals surface area contributed by atoms with Gasteiger partial charge in [-0.2, -0.15) is 13.2 Å². The van der Waals surface area contributed by atoms with E-state index in [9.17, 15) is 27.2 Å². The fourth-order valence-electron chi connectivity index (χ4n) is 5.38. The molecule has 0 aliphatic carbocycles. The first-order chi connectivity index (χ1) is 20.0. The minimum absolute atomic E-state index is 0.0729. The lowest BCUT2D eigenvalue weighted by Crippen LogP contribution is -2.44. The molecule has 222 valence electrons. The van der Waals surface area contributed by atoms with Gasteiger partial charge >= 0.3 is 12.3 Å². The minimum Gasteiger partial charge on any atom is -0.410 e. The number of piperidine rings is 1. The van der Waals surface area contributed by atoms with E-state index in [1.807, 2.05) is 12.1 Å². The molecule has 0 radical (unpaired) electrons. The molecule has 2 aliphatic rings. The summed E-state index contributed by atoms with van der Waals surface area (Å²) in [7, 11) is 0. The second-order valence-electron chi connectivity index (χ2n) is 10.3. The van der Waals surface area contributed by atoms with Crippen molar-refractivity contribution >= 4 is 41.0 Å². The van der Waals surface area contributed by atoms with Crippen LogP contribution in [0.3, 0.4) is 0 Å². The fraction of sp³-hybridized carbons (Fsp3) is 0.345. The summed E-state index contributed by atoms with van der Waals surface area (Å²) < 4.78 is 57.5. The predicted molar refractivity (Wildman–Crippen MR) is 149 cm³/mol. The molecule has 0 bridgehead atoms. The van der Waals surface area contributed by atoms with Gasteiger partial charge in [0.25, 0.3) is 0 Å². The monoisotopic (exact) mass is 624 g/mol. The number of hydrogen-bond donors (Lipinski definition) is 1. The van der Waals surface area contributed by atoms with Crippen LogP contribution in [0.5, 0.6) is 5.75 Å². The maximum Gasteiger partial charge on any atom is 0.417 e. The van der Waals surface area contributed by atoms with Crippen molar-refractivity contribution < 1.29 is 31.9 Å². The number of rotatable bonds is 5. The number of hydrogen-bond acceptors (Lipinski definition) is 5. The van der Waals surface area contributed by atoms with Crippen molar-refractivity contribution in [2.24, 2.45) is 5.92 Å². The van der Waals surface area contributed by atoms with Gasteiger partial charge in [-0.25, -0.2) is 14.2 Å². The van der Waals surface area contributed by atoms with Crippen LogP contribution >= 0.6 is 23.2 Å². The van der Waals surface area contributed by atoms with E-state index in [0.717, 1.165) is 17.8 Å². The van der Waals surface area contributed by atoms with E-state index >= 15 is 0 Å². The molecular formula is C29H26Cl2F4N4O3. The van der Waals surface area contributed by atoms with Crippen LogP contribution in [0.4, 0.5) is 28.2 Å². The number of carbonyl (C=O) groups is 2. The smallest absolute Gasteiger partial charge is 0.410 e. The number of nitrogens with zero attached hydrogens (tertiary/aromatic N) is 3. The summed E-state index contributed by atoms with van der Waals surface area (Å²) in [6.45, 7) is 1.40. The molecule has 2 aliphatic heterocycles. The zero-order valence-electron chi connectivity index (χ0n) is 22.1. The second kappa shape index (κ2) is 12.3. The van der Waals surface area contributed by atoms with Crippen molar-refractivity contribution in [1.82, 2.24) is 15.2 Å². The summed E-state index contributed by atoms with van der Waals surface area (Å²) >= 11 is 12.2. The lowest BCUT2D eigenvalue weighted by atomic mass is 9.94. The summed E-state index contributed by atoms with van der Waals surface area (Å²) in [4.78, 5) is 33.7. The van der Waals surface area contributed by atoms with Gasteiger partial charge in [0.2, 0.25) is 5.91 Å². The van der Waals surface area contributed by atoms with Crippen LogP contribution < -0.4 is 15.0 Å². The van der Waals surface area contributed by atoms with Gasteiger partial charge in [0.1, 0.15) is 17.4 Å². The molecule has 2 aromatic carbocycles. The van der Waals surface area contributed by atoms with E-state index in [2.05, 4.69) is 10.3 Å². The Hall–Kier alpha value is -3.57. The van der Waals surface area contributed by atoms with E-state index in [4.69, 9.17) is 27.9 Å². The van der Waals surface area contributed by atoms with Gasteiger partial charge in [-0.05, 0) is 60.9 Å². The van der Waals surface area contributed by atoms with Gasteiger partial charge in [-0.15, -0.1) is 0 Å². The number of pyridine rings is 1. The Kier molecular flexibility index (Phi) is 8.79. The average molecular weight is 625 g/mol. The highest BCUT2D eigenvalue weighted by atomic mass is 35.5. The Morgan fingerprint density at radius 2 is 1.64 bits per heavy atom. The van der Waals surface area contributed by atoms with E-state index in [1.165, 1.54) is 24.3 Å². The van der Waals surface area contributed by atoms with E-state index < -0.39 is 29.7 Å². The lowest BCUT2D eigenvalue weighted by molar-refractivity contribution is -0.138. The highest BCUT2D eigenvalue weighted by molar-refractivity contribution is 6.33. The Bertz CT molecular complexity index is 1430. The van der Waals surface area contributed by atoms with Gasteiger partial charge in [0.15, 0.2) is 0 Å². The minimum atomic E-state index is -4.54. The number of benzene rings is 2. The summed E-state index contributed by atoms with van der Waals surface area (Å²) in [5, 5.41) is 3.31. The first-order valence-electron chi connectivity index (χ1n) is 13.2. The number of nitrogens with one attached hydrogen (secondary N) is 1. The Balaban J connectivity index is 1.24.